The molecule has 2 unspecified atom stereocenters. The van der Waals surface area contributed by atoms with E-state index in [0.29, 0.717) is 23.8 Å². The second-order valence-electron chi connectivity index (χ2n) is 5.15. The van der Waals surface area contributed by atoms with Crippen molar-refractivity contribution in [3.63, 3.8) is 0 Å². The second kappa shape index (κ2) is 3.44. The molecule has 3 heteroatoms. The largest absolute Gasteiger partial charge is 0.324 e. The van der Waals surface area contributed by atoms with Crippen LogP contribution in [-0.4, -0.2) is 5.54 Å². The Morgan fingerprint density at radius 2 is 2.06 bits per heavy atom. The fourth-order valence-electron chi connectivity index (χ4n) is 3.40. The molecule has 0 bridgehead atoms. The summed E-state index contributed by atoms with van der Waals surface area (Å²) in [4.78, 5) is 0. The Hall–Kier alpha value is -0.600. The average molecular weight is 240 g/mol. The third-order valence-electron chi connectivity index (χ3n) is 4.32. The molecule has 2 atom stereocenters. The van der Waals surface area contributed by atoms with Gasteiger partial charge < -0.3 is 5.73 Å². The van der Waals surface area contributed by atoms with Crippen molar-refractivity contribution in [3.05, 3.63) is 34.6 Å². The highest BCUT2D eigenvalue weighted by atomic mass is 35.5. The van der Waals surface area contributed by atoms with E-state index in [4.69, 9.17) is 17.3 Å². The molecule has 0 spiro atoms. The first-order valence-electron chi connectivity index (χ1n) is 5.84. The fourth-order valence-corrected chi connectivity index (χ4v) is 3.60. The number of benzene rings is 1. The molecule has 0 heterocycles. The van der Waals surface area contributed by atoms with Crippen LogP contribution in [0.1, 0.15) is 24.8 Å². The van der Waals surface area contributed by atoms with Crippen LogP contribution in [0.2, 0.25) is 5.02 Å². The number of halogens is 2. The number of nitrogens with two attached hydrogens (primary N) is 1. The van der Waals surface area contributed by atoms with Crippen LogP contribution in [0.15, 0.2) is 18.2 Å². The highest BCUT2D eigenvalue weighted by Crippen LogP contribution is 2.60. The molecule has 0 saturated heterocycles. The van der Waals surface area contributed by atoms with Crippen LogP contribution in [0, 0.1) is 17.7 Å². The Balaban J connectivity index is 1.83. The van der Waals surface area contributed by atoms with Crippen molar-refractivity contribution >= 4 is 11.6 Å². The molecular weight excluding hydrogens is 225 g/mol. The van der Waals surface area contributed by atoms with Gasteiger partial charge in [0.25, 0.3) is 0 Å². The normalized spacial score (nSPS) is 36.2. The van der Waals surface area contributed by atoms with E-state index in [1.807, 2.05) is 0 Å². The molecule has 2 N–H and O–H groups in total. The van der Waals surface area contributed by atoms with Crippen LogP contribution in [-0.2, 0) is 6.42 Å². The van der Waals surface area contributed by atoms with Gasteiger partial charge in [-0.25, -0.2) is 4.39 Å². The maximum Gasteiger partial charge on any atom is 0.145 e. The van der Waals surface area contributed by atoms with Gasteiger partial charge in [0.1, 0.15) is 5.82 Å². The minimum atomic E-state index is -0.293. The Labute approximate surface area is 99.8 Å². The van der Waals surface area contributed by atoms with E-state index < -0.39 is 0 Å². The Morgan fingerprint density at radius 3 is 2.75 bits per heavy atom. The number of hydrogen-bond donors (Lipinski definition) is 1. The summed E-state index contributed by atoms with van der Waals surface area (Å²) < 4.78 is 13.7. The standard InChI is InChI=1S/C13H15ClFN/c14-11-6-1-3-8(12(11)15)7-13(16)9-4-2-5-10(9)13/h1,3,6,9-10H,2,4-5,7,16H2. The number of rotatable bonds is 2. The molecule has 1 aromatic carbocycles. The van der Waals surface area contributed by atoms with Crippen molar-refractivity contribution < 1.29 is 4.39 Å². The zero-order valence-corrected chi connectivity index (χ0v) is 9.80. The van der Waals surface area contributed by atoms with Gasteiger partial charge in [0.15, 0.2) is 0 Å². The number of hydrogen-bond acceptors (Lipinski definition) is 1. The van der Waals surface area contributed by atoms with Gasteiger partial charge in [-0.3, -0.25) is 0 Å². The van der Waals surface area contributed by atoms with Gasteiger partial charge in [-0.2, -0.15) is 0 Å². The maximum atomic E-state index is 13.7. The van der Waals surface area contributed by atoms with Gasteiger partial charge in [0.05, 0.1) is 5.02 Å². The summed E-state index contributed by atoms with van der Waals surface area (Å²) in [6.07, 6.45) is 4.34. The van der Waals surface area contributed by atoms with Crippen LogP contribution in [0.3, 0.4) is 0 Å². The first kappa shape index (κ1) is 10.5. The lowest BCUT2D eigenvalue weighted by molar-refractivity contribution is 0.488. The van der Waals surface area contributed by atoms with Crippen LogP contribution in [0.25, 0.3) is 0 Å². The maximum absolute atomic E-state index is 13.7. The Bertz CT molecular complexity index is 422. The predicted octanol–water partition coefficient (Wildman–Crippen LogP) is 3.15. The Morgan fingerprint density at radius 1 is 1.38 bits per heavy atom. The molecule has 16 heavy (non-hydrogen) atoms. The SMILES string of the molecule is NC1(Cc2cccc(Cl)c2F)C2CCCC21. The third kappa shape index (κ3) is 1.40. The predicted molar refractivity (Wildman–Crippen MR) is 62.9 cm³/mol. The lowest BCUT2D eigenvalue weighted by atomic mass is 9.97. The van der Waals surface area contributed by atoms with E-state index in [-0.39, 0.29) is 16.4 Å². The molecule has 0 radical (unpaired) electrons. The Kier molecular flexibility index (Phi) is 2.27. The molecule has 2 aliphatic carbocycles. The minimum Gasteiger partial charge on any atom is -0.324 e. The molecular formula is C13H15ClFN. The van der Waals surface area contributed by atoms with Gasteiger partial charge in [0.2, 0.25) is 0 Å². The molecule has 2 aliphatic rings. The molecule has 3 rings (SSSR count). The summed E-state index contributed by atoms with van der Waals surface area (Å²) in [5.74, 6) is 0.940. The third-order valence-corrected chi connectivity index (χ3v) is 4.61. The summed E-state index contributed by atoms with van der Waals surface area (Å²) in [5.41, 5.74) is 6.86. The van der Waals surface area contributed by atoms with E-state index in [1.54, 1.807) is 18.2 Å². The van der Waals surface area contributed by atoms with Crippen molar-refractivity contribution in [2.45, 2.75) is 31.2 Å². The van der Waals surface area contributed by atoms with Gasteiger partial charge in [-0.15, -0.1) is 0 Å². The van der Waals surface area contributed by atoms with Crippen molar-refractivity contribution in [1.29, 1.82) is 0 Å². The topological polar surface area (TPSA) is 26.0 Å². The first-order chi connectivity index (χ1) is 7.63. The van der Waals surface area contributed by atoms with Crippen LogP contribution < -0.4 is 5.73 Å². The molecule has 1 aromatic rings. The molecule has 86 valence electrons. The van der Waals surface area contributed by atoms with Crippen molar-refractivity contribution in [3.8, 4) is 0 Å². The lowest BCUT2D eigenvalue weighted by Gasteiger charge is -2.16. The fraction of sp³-hybridized carbons (Fsp3) is 0.538. The van der Waals surface area contributed by atoms with Gasteiger partial charge in [0, 0.05) is 5.54 Å². The summed E-state index contributed by atoms with van der Waals surface area (Å²) in [7, 11) is 0. The summed E-state index contributed by atoms with van der Waals surface area (Å²) in [5, 5.41) is 0.201. The monoisotopic (exact) mass is 239 g/mol. The van der Waals surface area contributed by atoms with Crippen LogP contribution in [0.5, 0.6) is 0 Å². The highest BCUT2D eigenvalue weighted by molar-refractivity contribution is 6.30. The quantitative estimate of drug-likeness (QED) is 0.843. The van der Waals surface area contributed by atoms with E-state index in [2.05, 4.69) is 0 Å². The van der Waals surface area contributed by atoms with E-state index in [0.717, 1.165) is 0 Å². The van der Waals surface area contributed by atoms with Crippen molar-refractivity contribution in [1.82, 2.24) is 0 Å². The highest BCUT2D eigenvalue weighted by Gasteiger charge is 2.63. The van der Waals surface area contributed by atoms with Crippen molar-refractivity contribution in [2.24, 2.45) is 17.6 Å². The molecule has 1 nitrogen and oxygen atoms in total. The van der Waals surface area contributed by atoms with Crippen LogP contribution in [0.4, 0.5) is 4.39 Å². The van der Waals surface area contributed by atoms with E-state index in [1.165, 1.54) is 19.3 Å². The summed E-state index contributed by atoms with van der Waals surface area (Å²) in [6.45, 7) is 0. The summed E-state index contributed by atoms with van der Waals surface area (Å²) in [6, 6.07) is 5.17. The van der Waals surface area contributed by atoms with E-state index >= 15 is 0 Å². The summed E-state index contributed by atoms with van der Waals surface area (Å²) >= 11 is 5.77. The zero-order valence-electron chi connectivity index (χ0n) is 9.05. The lowest BCUT2D eigenvalue weighted by Crippen LogP contribution is -2.31. The van der Waals surface area contributed by atoms with Gasteiger partial charge in [-0.05, 0) is 42.7 Å². The van der Waals surface area contributed by atoms with Crippen molar-refractivity contribution in [2.75, 3.05) is 0 Å². The van der Waals surface area contributed by atoms with Gasteiger partial charge in [-0.1, -0.05) is 30.2 Å². The van der Waals surface area contributed by atoms with Gasteiger partial charge >= 0.3 is 0 Å². The molecule has 0 amide bonds. The molecule has 2 fully saturated rings. The first-order valence-corrected chi connectivity index (χ1v) is 6.22. The minimum absolute atomic E-state index is 0.149. The average Bonchev–Trinajstić information content (AvgIpc) is 2.69. The molecule has 2 saturated carbocycles. The smallest absolute Gasteiger partial charge is 0.145 e. The number of fused-ring (bicyclic) bond motifs is 1. The second-order valence-corrected chi connectivity index (χ2v) is 5.55. The molecule has 0 aromatic heterocycles. The van der Waals surface area contributed by atoms with Crippen LogP contribution >= 0.6 is 11.6 Å². The van der Waals surface area contributed by atoms with E-state index in [9.17, 15) is 4.39 Å². The molecule has 0 aliphatic heterocycles. The zero-order chi connectivity index (χ0) is 11.3.